The van der Waals surface area contributed by atoms with Crippen LogP contribution >= 0.6 is 22.6 Å². The van der Waals surface area contributed by atoms with Crippen LogP contribution in [-0.4, -0.2) is 32.6 Å². The van der Waals surface area contributed by atoms with E-state index in [1.165, 1.54) is 9.13 Å². The van der Waals surface area contributed by atoms with Crippen molar-refractivity contribution in [3.8, 4) is 34.4 Å². The molecule has 0 aliphatic carbocycles. The number of aromatic nitrogens is 4. The molecule has 1 N–H and O–H groups in total. The Balaban J connectivity index is 1.56. The van der Waals surface area contributed by atoms with Gasteiger partial charge in [-0.2, -0.15) is 4.98 Å². The monoisotopic (exact) mass is 579 g/mol. The fourth-order valence-electron chi connectivity index (χ4n) is 4.50. The fourth-order valence-corrected chi connectivity index (χ4v) is 4.86. The van der Waals surface area contributed by atoms with E-state index in [9.17, 15) is 0 Å². The summed E-state index contributed by atoms with van der Waals surface area (Å²) in [5, 5.41) is 3.46. The molecule has 1 aliphatic heterocycles. The van der Waals surface area contributed by atoms with Crippen LogP contribution in [0.15, 0.2) is 61.1 Å². The second kappa shape index (κ2) is 10.5. The second-order valence-electron chi connectivity index (χ2n) is 9.34. The number of rotatable bonds is 6. The summed E-state index contributed by atoms with van der Waals surface area (Å²) in [4.78, 5) is 14.2. The minimum Gasteiger partial charge on any atom is -0.424 e. The van der Waals surface area contributed by atoms with Crippen molar-refractivity contribution in [2.24, 2.45) is 0 Å². The second-order valence-corrected chi connectivity index (χ2v) is 10.6. The smallest absolute Gasteiger partial charge is 0.322 e. The number of halogens is 1. The van der Waals surface area contributed by atoms with E-state index in [4.69, 9.17) is 14.7 Å². The van der Waals surface area contributed by atoms with Crippen molar-refractivity contribution in [1.29, 1.82) is 0 Å². The molecule has 1 saturated heterocycles. The maximum Gasteiger partial charge on any atom is 0.322 e. The summed E-state index contributed by atoms with van der Waals surface area (Å²) in [6.45, 7) is 8.42. The van der Waals surface area contributed by atoms with E-state index in [1.54, 1.807) is 6.20 Å². The number of imidazole rings is 1. The van der Waals surface area contributed by atoms with Gasteiger partial charge in [-0.15, -0.1) is 0 Å². The summed E-state index contributed by atoms with van der Waals surface area (Å²) in [6, 6.07) is 17.5. The molecule has 6 nitrogen and oxygen atoms in total. The predicted molar refractivity (Wildman–Crippen MR) is 148 cm³/mol. The number of nitrogens with one attached hydrogen (secondary N) is 1. The van der Waals surface area contributed by atoms with Crippen LogP contribution in [0, 0.1) is 10.5 Å². The van der Waals surface area contributed by atoms with Gasteiger partial charge in [-0.3, -0.25) is 0 Å². The number of hydrogen-bond donors (Lipinski definition) is 1. The standard InChI is InChI=1S/C28H30IN5O/c1-18(2)21-5-4-19(3)25(16-21)35-28-31-15-12-24(33-28)27-26(20-6-8-22(29)9-7-20)32-17-34(27)23-10-13-30-14-11-23/h4-9,12,15-18,23,30H,10-11,13-14H2,1-3H3. The summed E-state index contributed by atoms with van der Waals surface area (Å²) in [5.41, 5.74) is 6.13. The third-order valence-electron chi connectivity index (χ3n) is 6.57. The van der Waals surface area contributed by atoms with Crippen LogP contribution in [0.3, 0.4) is 0 Å². The highest BCUT2D eigenvalue weighted by Crippen LogP contribution is 2.36. The number of piperidine rings is 1. The Labute approximate surface area is 220 Å². The van der Waals surface area contributed by atoms with Crippen LogP contribution in [0.25, 0.3) is 22.6 Å². The van der Waals surface area contributed by atoms with E-state index < -0.39 is 0 Å². The van der Waals surface area contributed by atoms with E-state index >= 15 is 0 Å². The Bertz CT molecular complexity index is 1310. The molecule has 7 heteroatoms. The van der Waals surface area contributed by atoms with Gasteiger partial charge in [0.2, 0.25) is 0 Å². The lowest BCUT2D eigenvalue weighted by Gasteiger charge is -2.25. The first-order valence-corrected chi connectivity index (χ1v) is 13.2. The van der Waals surface area contributed by atoms with E-state index in [1.807, 2.05) is 19.3 Å². The summed E-state index contributed by atoms with van der Waals surface area (Å²) < 4.78 is 9.72. The molecule has 4 aromatic rings. The first-order chi connectivity index (χ1) is 17.0. The summed E-state index contributed by atoms with van der Waals surface area (Å²) in [7, 11) is 0. The maximum atomic E-state index is 6.22. The minimum atomic E-state index is 0.345. The van der Waals surface area contributed by atoms with Crippen LogP contribution in [0.2, 0.25) is 0 Å². The number of aryl methyl sites for hydroxylation is 1. The molecule has 35 heavy (non-hydrogen) atoms. The van der Waals surface area contributed by atoms with Gasteiger partial charge < -0.3 is 14.6 Å². The molecule has 1 aliphatic rings. The quantitative estimate of drug-likeness (QED) is 0.256. The van der Waals surface area contributed by atoms with Crippen LogP contribution in [0.1, 0.15) is 49.8 Å². The first-order valence-electron chi connectivity index (χ1n) is 12.1. The van der Waals surface area contributed by atoms with Gasteiger partial charge in [0.1, 0.15) is 5.75 Å². The Morgan fingerprint density at radius 3 is 2.54 bits per heavy atom. The van der Waals surface area contributed by atoms with Crippen molar-refractivity contribution in [2.45, 2.75) is 45.6 Å². The van der Waals surface area contributed by atoms with Gasteiger partial charge in [0, 0.05) is 21.4 Å². The topological polar surface area (TPSA) is 64.9 Å². The van der Waals surface area contributed by atoms with Crippen molar-refractivity contribution >= 4 is 22.6 Å². The van der Waals surface area contributed by atoms with Gasteiger partial charge in [-0.25, -0.2) is 9.97 Å². The molecule has 2 aromatic heterocycles. The fraction of sp³-hybridized carbons (Fsp3) is 0.321. The molecule has 0 atom stereocenters. The highest BCUT2D eigenvalue weighted by atomic mass is 127. The Hall–Kier alpha value is -2.78. The average Bonchev–Trinajstić information content (AvgIpc) is 3.32. The van der Waals surface area contributed by atoms with E-state index in [0.29, 0.717) is 18.0 Å². The largest absolute Gasteiger partial charge is 0.424 e. The number of hydrogen-bond acceptors (Lipinski definition) is 5. The molecule has 0 amide bonds. The first kappa shape index (κ1) is 23.9. The van der Waals surface area contributed by atoms with E-state index in [0.717, 1.165) is 59.9 Å². The molecule has 5 rings (SSSR count). The zero-order chi connectivity index (χ0) is 24.4. The molecule has 180 valence electrons. The highest BCUT2D eigenvalue weighted by Gasteiger charge is 2.23. The van der Waals surface area contributed by atoms with Gasteiger partial charge in [0.05, 0.1) is 23.4 Å². The Morgan fingerprint density at radius 1 is 1.03 bits per heavy atom. The Kier molecular flexibility index (Phi) is 7.15. The molecule has 0 saturated carbocycles. The van der Waals surface area contributed by atoms with Gasteiger partial charge in [-0.1, -0.05) is 38.1 Å². The Morgan fingerprint density at radius 2 is 1.80 bits per heavy atom. The van der Waals surface area contributed by atoms with Crippen molar-refractivity contribution in [3.05, 3.63) is 75.8 Å². The van der Waals surface area contributed by atoms with Gasteiger partial charge in [0.15, 0.2) is 0 Å². The molecule has 0 unspecified atom stereocenters. The normalized spacial score (nSPS) is 14.4. The average molecular weight is 579 g/mol. The van der Waals surface area contributed by atoms with Crippen LogP contribution in [0.4, 0.5) is 0 Å². The zero-order valence-electron chi connectivity index (χ0n) is 20.3. The van der Waals surface area contributed by atoms with Crippen molar-refractivity contribution in [3.63, 3.8) is 0 Å². The highest BCUT2D eigenvalue weighted by molar-refractivity contribution is 14.1. The van der Waals surface area contributed by atoms with Gasteiger partial charge in [-0.05, 0) is 96.8 Å². The minimum absolute atomic E-state index is 0.345. The van der Waals surface area contributed by atoms with Crippen molar-refractivity contribution in [2.75, 3.05) is 13.1 Å². The molecule has 0 bridgehead atoms. The van der Waals surface area contributed by atoms with Crippen molar-refractivity contribution in [1.82, 2.24) is 24.8 Å². The molecule has 0 radical (unpaired) electrons. The van der Waals surface area contributed by atoms with Gasteiger partial charge in [0.25, 0.3) is 0 Å². The summed E-state index contributed by atoms with van der Waals surface area (Å²) >= 11 is 2.33. The number of ether oxygens (including phenoxy) is 1. The third kappa shape index (κ3) is 5.26. The van der Waals surface area contributed by atoms with Gasteiger partial charge >= 0.3 is 6.01 Å². The van der Waals surface area contributed by atoms with Crippen LogP contribution in [-0.2, 0) is 0 Å². The molecule has 0 spiro atoms. The van der Waals surface area contributed by atoms with E-state index in [-0.39, 0.29) is 0 Å². The number of nitrogens with zero attached hydrogens (tertiary/aromatic N) is 4. The zero-order valence-corrected chi connectivity index (χ0v) is 22.5. The SMILES string of the molecule is Cc1ccc(C(C)C)cc1Oc1nccc(-c2c(-c3ccc(I)cc3)ncn2C2CCNCC2)n1. The molecule has 1 fully saturated rings. The predicted octanol–water partition coefficient (Wildman–Crippen LogP) is 6.76. The number of benzene rings is 2. The summed E-state index contributed by atoms with van der Waals surface area (Å²) in [6.07, 6.45) is 5.87. The summed E-state index contributed by atoms with van der Waals surface area (Å²) in [5.74, 6) is 1.21. The molecule has 2 aromatic carbocycles. The lowest BCUT2D eigenvalue weighted by molar-refractivity contribution is 0.370. The molecule has 3 heterocycles. The van der Waals surface area contributed by atoms with Crippen LogP contribution < -0.4 is 10.1 Å². The lowest BCUT2D eigenvalue weighted by atomic mass is 10.0. The maximum absolute atomic E-state index is 6.22. The van der Waals surface area contributed by atoms with E-state index in [2.05, 4.69) is 93.8 Å². The lowest BCUT2D eigenvalue weighted by Crippen LogP contribution is -2.29. The van der Waals surface area contributed by atoms with Crippen molar-refractivity contribution < 1.29 is 4.74 Å². The third-order valence-corrected chi connectivity index (χ3v) is 7.29. The molecular weight excluding hydrogens is 549 g/mol. The van der Waals surface area contributed by atoms with Crippen LogP contribution in [0.5, 0.6) is 11.8 Å². The molecular formula is C28H30IN5O.